The minimum absolute atomic E-state index is 0.672. The molecule has 0 aliphatic heterocycles. The predicted octanol–water partition coefficient (Wildman–Crippen LogP) is 3.08. The second kappa shape index (κ2) is 5.29. The van der Waals surface area contributed by atoms with E-state index in [0.717, 1.165) is 16.9 Å². The number of aryl methyl sites for hydroxylation is 1. The molecule has 4 heteroatoms. The van der Waals surface area contributed by atoms with Crippen molar-refractivity contribution in [2.24, 2.45) is 7.05 Å². The van der Waals surface area contributed by atoms with E-state index in [1.807, 2.05) is 55.2 Å². The summed E-state index contributed by atoms with van der Waals surface area (Å²) in [6, 6.07) is 18.0. The van der Waals surface area contributed by atoms with Gasteiger partial charge in [-0.15, -0.1) is 0 Å². The van der Waals surface area contributed by atoms with Crippen LogP contribution in [0.15, 0.2) is 48.5 Å². The highest BCUT2D eigenvalue weighted by molar-refractivity contribution is 5.82. The van der Waals surface area contributed by atoms with Crippen molar-refractivity contribution in [3.05, 3.63) is 59.8 Å². The first-order chi connectivity index (χ1) is 10.2. The van der Waals surface area contributed by atoms with Gasteiger partial charge in [-0.25, -0.2) is 0 Å². The van der Waals surface area contributed by atoms with Crippen LogP contribution in [0.3, 0.4) is 0 Å². The van der Waals surface area contributed by atoms with E-state index in [-0.39, 0.29) is 0 Å². The molecule has 0 spiro atoms. The third kappa shape index (κ3) is 2.46. The predicted molar refractivity (Wildman–Crippen MR) is 84.0 cm³/mol. The fraction of sp³-hybridized carbons (Fsp3) is 0.176. The number of anilines is 1. The summed E-state index contributed by atoms with van der Waals surface area (Å²) in [4.78, 5) is 2.11. The van der Waals surface area contributed by atoms with Gasteiger partial charge in [-0.3, -0.25) is 4.68 Å². The maximum absolute atomic E-state index is 8.99. The Morgan fingerprint density at radius 1 is 1.19 bits per heavy atom. The Bertz CT molecular complexity index is 826. The Labute approximate surface area is 123 Å². The van der Waals surface area contributed by atoms with Crippen molar-refractivity contribution in [1.82, 2.24) is 9.78 Å². The summed E-state index contributed by atoms with van der Waals surface area (Å²) in [5.74, 6) is 0. The molecule has 0 fully saturated rings. The van der Waals surface area contributed by atoms with Crippen LogP contribution in [0.25, 0.3) is 10.9 Å². The lowest BCUT2D eigenvalue weighted by Gasteiger charge is -2.18. The molecule has 0 saturated heterocycles. The monoisotopic (exact) mass is 276 g/mol. The third-order valence-corrected chi connectivity index (χ3v) is 3.64. The highest BCUT2D eigenvalue weighted by atomic mass is 15.3. The van der Waals surface area contributed by atoms with Gasteiger partial charge in [0.25, 0.3) is 0 Å². The van der Waals surface area contributed by atoms with Gasteiger partial charge in [0, 0.05) is 25.2 Å². The van der Waals surface area contributed by atoms with Gasteiger partial charge in [0.1, 0.15) is 0 Å². The normalized spacial score (nSPS) is 10.5. The number of rotatable bonds is 3. The molecule has 1 heterocycles. The number of aromatic nitrogens is 2. The molecule has 0 unspecified atom stereocenters. The number of hydrogen-bond donors (Lipinski definition) is 0. The van der Waals surface area contributed by atoms with Gasteiger partial charge in [0.15, 0.2) is 0 Å². The van der Waals surface area contributed by atoms with Crippen molar-refractivity contribution in [2.75, 3.05) is 11.9 Å². The summed E-state index contributed by atoms with van der Waals surface area (Å²) in [6.45, 7) is 0.705. The maximum atomic E-state index is 8.99. The average Bonchev–Trinajstić information content (AvgIpc) is 2.84. The Hall–Kier alpha value is -2.80. The van der Waals surface area contributed by atoms with Gasteiger partial charge in [-0.2, -0.15) is 10.4 Å². The molecule has 0 radical (unpaired) electrons. The Balaban J connectivity index is 1.93. The molecular weight excluding hydrogens is 260 g/mol. The summed E-state index contributed by atoms with van der Waals surface area (Å²) in [5.41, 5.74) is 3.86. The van der Waals surface area contributed by atoms with Crippen molar-refractivity contribution in [1.29, 1.82) is 5.26 Å². The molecule has 21 heavy (non-hydrogen) atoms. The van der Waals surface area contributed by atoms with Crippen LogP contribution in [0.5, 0.6) is 0 Å². The number of benzene rings is 2. The zero-order valence-corrected chi connectivity index (χ0v) is 12.1. The van der Waals surface area contributed by atoms with Crippen LogP contribution in [0.2, 0.25) is 0 Å². The van der Waals surface area contributed by atoms with E-state index in [4.69, 9.17) is 5.26 Å². The third-order valence-electron chi connectivity index (χ3n) is 3.64. The van der Waals surface area contributed by atoms with E-state index in [1.165, 1.54) is 5.39 Å². The molecule has 0 bridgehead atoms. The molecule has 3 aromatic rings. The molecule has 0 aliphatic rings. The molecule has 104 valence electrons. The first kappa shape index (κ1) is 13.2. The minimum Gasteiger partial charge on any atom is -0.369 e. The van der Waals surface area contributed by atoms with Gasteiger partial charge in [0.2, 0.25) is 0 Å². The van der Waals surface area contributed by atoms with Gasteiger partial charge >= 0.3 is 0 Å². The molecule has 0 N–H and O–H groups in total. The number of para-hydroxylation sites is 1. The molecule has 3 rings (SSSR count). The molecule has 2 aromatic carbocycles. The van der Waals surface area contributed by atoms with E-state index in [9.17, 15) is 0 Å². The van der Waals surface area contributed by atoms with Crippen molar-refractivity contribution < 1.29 is 0 Å². The molecule has 0 amide bonds. The van der Waals surface area contributed by atoms with Crippen LogP contribution in [0, 0.1) is 11.3 Å². The van der Waals surface area contributed by atoms with Crippen molar-refractivity contribution in [3.8, 4) is 6.07 Å². The maximum Gasteiger partial charge on any atom is 0.0992 e. The quantitative estimate of drug-likeness (QED) is 0.738. The summed E-state index contributed by atoms with van der Waals surface area (Å²) >= 11 is 0. The Morgan fingerprint density at radius 3 is 2.81 bits per heavy atom. The van der Waals surface area contributed by atoms with Gasteiger partial charge in [0.05, 0.1) is 29.4 Å². The average molecular weight is 276 g/mol. The summed E-state index contributed by atoms with van der Waals surface area (Å²) < 4.78 is 1.91. The van der Waals surface area contributed by atoms with Gasteiger partial charge < -0.3 is 4.90 Å². The second-order valence-electron chi connectivity index (χ2n) is 5.11. The van der Waals surface area contributed by atoms with E-state index < -0.39 is 0 Å². The van der Waals surface area contributed by atoms with E-state index in [0.29, 0.717) is 12.1 Å². The lowest BCUT2D eigenvalue weighted by molar-refractivity contribution is 0.754. The van der Waals surface area contributed by atoms with Crippen molar-refractivity contribution in [3.63, 3.8) is 0 Å². The second-order valence-corrected chi connectivity index (χ2v) is 5.11. The van der Waals surface area contributed by atoms with Crippen molar-refractivity contribution in [2.45, 2.75) is 6.54 Å². The molecule has 0 saturated carbocycles. The van der Waals surface area contributed by atoms with Crippen LogP contribution >= 0.6 is 0 Å². The standard InChI is InChI=1S/C17H16N4/c1-20(14-7-5-6-13(10-14)11-18)12-16-15-8-3-4-9-17(15)21(2)19-16/h3-10H,12H2,1-2H3. The molecule has 0 atom stereocenters. The van der Waals surface area contributed by atoms with Crippen LogP contribution in [0.4, 0.5) is 5.69 Å². The number of hydrogen-bond acceptors (Lipinski definition) is 3. The Kier molecular flexibility index (Phi) is 3.33. The van der Waals surface area contributed by atoms with Crippen LogP contribution in [-0.2, 0) is 13.6 Å². The molecule has 0 aliphatic carbocycles. The smallest absolute Gasteiger partial charge is 0.0992 e. The van der Waals surface area contributed by atoms with Gasteiger partial charge in [-0.05, 0) is 24.3 Å². The molecule has 1 aromatic heterocycles. The van der Waals surface area contributed by atoms with Crippen LogP contribution in [0.1, 0.15) is 11.3 Å². The van der Waals surface area contributed by atoms with E-state index in [1.54, 1.807) is 0 Å². The molecular formula is C17H16N4. The Morgan fingerprint density at radius 2 is 2.00 bits per heavy atom. The topological polar surface area (TPSA) is 44.9 Å². The van der Waals surface area contributed by atoms with Crippen LogP contribution in [-0.4, -0.2) is 16.8 Å². The lowest BCUT2D eigenvalue weighted by atomic mass is 10.2. The number of fused-ring (bicyclic) bond motifs is 1. The van der Waals surface area contributed by atoms with Crippen LogP contribution < -0.4 is 4.90 Å². The molecule has 4 nitrogen and oxygen atoms in total. The summed E-state index contributed by atoms with van der Waals surface area (Å²) in [6.07, 6.45) is 0. The fourth-order valence-corrected chi connectivity index (χ4v) is 2.53. The fourth-order valence-electron chi connectivity index (χ4n) is 2.53. The zero-order chi connectivity index (χ0) is 14.8. The largest absolute Gasteiger partial charge is 0.369 e. The highest BCUT2D eigenvalue weighted by Crippen LogP contribution is 2.21. The van der Waals surface area contributed by atoms with Crippen molar-refractivity contribution >= 4 is 16.6 Å². The minimum atomic E-state index is 0.672. The first-order valence-corrected chi connectivity index (χ1v) is 6.81. The van der Waals surface area contributed by atoms with E-state index in [2.05, 4.69) is 28.2 Å². The number of nitriles is 1. The summed E-state index contributed by atoms with van der Waals surface area (Å²) in [7, 11) is 3.97. The SMILES string of the molecule is CN(Cc1nn(C)c2ccccc12)c1cccc(C#N)c1. The zero-order valence-electron chi connectivity index (χ0n) is 12.1. The van der Waals surface area contributed by atoms with E-state index >= 15 is 0 Å². The lowest BCUT2D eigenvalue weighted by Crippen LogP contribution is -2.17. The first-order valence-electron chi connectivity index (χ1n) is 6.81. The highest BCUT2D eigenvalue weighted by Gasteiger charge is 2.11. The van der Waals surface area contributed by atoms with Gasteiger partial charge in [-0.1, -0.05) is 24.3 Å². The number of nitrogens with zero attached hydrogens (tertiary/aromatic N) is 4. The summed E-state index contributed by atoms with van der Waals surface area (Å²) in [5, 5.41) is 14.8.